The second-order valence-electron chi connectivity index (χ2n) is 5.49. The third-order valence-electron chi connectivity index (χ3n) is 4.46. The molecule has 2 aliphatic rings. The largest absolute Gasteiger partial charge is 0.295 e. The quantitative estimate of drug-likeness (QED) is 0.680. The Bertz CT molecular complexity index is 378. The standard InChI is InChI=1S/C14H20O2/c1-4-10-5-7-14(3)8-6-11(15)9(2)12(14)13(10)16/h10H,4-8H2,1-3H3. The second-order valence-corrected chi connectivity index (χ2v) is 5.49. The Kier molecular flexibility index (Phi) is 2.77. The fraction of sp³-hybridized carbons (Fsp3) is 0.714. The van der Waals surface area contributed by atoms with Crippen LogP contribution >= 0.6 is 0 Å². The van der Waals surface area contributed by atoms with Gasteiger partial charge in [-0.05, 0) is 43.6 Å². The third kappa shape index (κ3) is 1.55. The SMILES string of the molecule is CCC1CCC2(C)CCC(=O)C(C)=C2C1=O. The molecule has 0 aromatic carbocycles. The maximum atomic E-state index is 12.3. The van der Waals surface area contributed by atoms with Gasteiger partial charge >= 0.3 is 0 Å². The predicted molar refractivity (Wildman–Crippen MR) is 63.1 cm³/mol. The Hall–Kier alpha value is -0.920. The van der Waals surface area contributed by atoms with Crippen LogP contribution < -0.4 is 0 Å². The topological polar surface area (TPSA) is 34.1 Å². The van der Waals surface area contributed by atoms with Gasteiger partial charge in [-0.15, -0.1) is 0 Å². The third-order valence-corrected chi connectivity index (χ3v) is 4.46. The summed E-state index contributed by atoms with van der Waals surface area (Å²) >= 11 is 0. The molecule has 0 bridgehead atoms. The number of carbonyl (C=O) groups is 2. The summed E-state index contributed by atoms with van der Waals surface area (Å²) in [5.41, 5.74) is 1.60. The maximum Gasteiger partial charge on any atom is 0.162 e. The Morgan fingerprint density at radius 1 is 1.31 bits per heavy atom. The molecule has 16 heavy (non-hydrogen) atoms. The van der Waals surface area contributed by atoms with Crippen LogP contribution in [0.5, 0.6) is 0 Å². The summed E-state index contributed by atoms with van der Waals surface area (Å²) in [7, 11) is 0. The van der Waals surface area contributed by atoms with Crippen molar-refractivity contribution in [3.8, 4) is 0 Å². The molecule has 0 aromatic rings. The van der Waals surface area contributed by atoms with E-state index in [1.54, 1.807) is 0 Å². The molecule has 1 fully saturated rings. The molecule has 0 N–H and O–H groups in total. The molecular weight excluding hydrogens is 200 g/mol. The van der Waals surface area contributed by atoms with E-state index < -0.39 is 0 Å². The number of hydrogen-bond donors (Lipinski definition) is 0. The fourth-order valence-corrected chi connectivity index (χ4v) is 3.24. The zero-order valence-electron chi connectivity index (χ0n) is 10.4. The number of hydrogen-bond acceptors (Lipinski definition) is 2. The minimum Gasteiger partial charge on any atom is -0.295 e. The lowest BCUT2D eigenvalue weighted by Crippen LogP contribution is -2.39. The van der Waals surface area contributed by atoms with E-state index in [9.17, 15) is 9.59 Å². The van der Waals surface area contributed by atoms with Crippen molar-refractivity contribution in [2.75, 3.05) is 0 Å². The van der Waals surface area contributed by atoms with Crippen LogP contribution in [0.3, 0.4) is 0 Å². The number of Topliss-reactive ketones (excluding diaryl/α,β-unsaturated/α-hetero) is 2. The molecule has 0 amide bonds. The van der Waals surface area contributed by atoms with Crippen molar-refractivity contribution >= 4 is 11.6 Å². The zero-order valence-corrected chi connectivity index (χ0v) is 10.4. The first-order valence-corrected chi connectivity index (χ1v) is 6.28. The average molecular weight is 220 g/mol. The van der Waals surface area contributed by atoms with Crippen molar-refractivity contribution in [1.82, 2.24) is 0 Å². The lowest BCUT2D eigenvalue weighted by molar-refractivity contribution is -0.125. The van der Waals surface area contributed by atoms with Crippen LogP contribution in [0.2, 0.25) is 0 Å². The van der Waals surface area contributed by atoms with Gasteiger partial charge in [-0.1, -0.05) is 13.8 Å². The first-order valence-electron chi connectivity index (χ1n) is 6.28. The normalized spacial score (nSPS) is 35.3. The molecule has 0 aliphatic heterocycles. The van der Waals surface area contributed by atoms with Crippen LogP contribution in [0.15, 0.2) is 11.1 Å². The van der Waals surface area contributed by atoms with E-state index >= 15 is 0 Å². The second kappa shape index (κ2) is 3.83. The molecule has 2 rings (SSSR count). The van der Waals surface area contributed by atoms with Crippen molar-refractivity contribution in [3.05, 3.63) is 11.1 Å². The Balaban J connectivity index is 2.47. The molecule has 2 nitrogen and oxygen atoms in total. The van der Waals surface area contributed by atoms with E-state index in [1.165, 1.54) is 0 Å². The number of carbonyl (C=O) groups excluding carboxylic acids is 2. The minimum absolute atomic E-state index is 0.0131. The fourth-order valence-electron chi connectivity index (χ4n) is 3.24. The van der Waals surface area contributed by atoms with Gasteiger partial charge in [0.05, 0.1) is 0 Å². The summed E-state index contributed by atoms with van der Waals surface area (Å²) in [5.74, 6) is 0.586. The van der Waals surface area contributed by atoms with Gasteiger partial charge in [-0.25, -0.2) is 0 Å². The average Bonchev–Trinajstić information content (AvgIpc) is 2.25. The summed E-state index contributed by atoms with van der Waals surface area (Å²) in [5, 5.41) is 0. The van der Waals surface area contributed by atoms with Gasteiger partial charge in [0.2, 0.25) is 0 Å². The molecule has 1 saturated carbocycles. The molecule has 88 valence electrons. The number of fused-ring (bicyclic) bond motifs is 1. The zero-order chi connectivity index (χ0) is 11.9. The first-order chi connectivity index (χ1) is 7.49. The van der Waals surface area contributed by atoms with Gasteiger partial charge in [0.1, 0.15) is 0 Å². The molecular formula is C14H20O2. The van der Waals surface area contributed by atoms with E-state index in [2.05, 4.69) is 13.8 Å². The highest BCUT2D eigenvalue weighted by atomic mass is 16.1. The summed E-state index contributed by atoms with van der Waals surface area (Å²) in [6.45, 7) is 6.05. The number of allylic oxidation sites excluding steroid dienone is 2. The van der Waals surface area contributed by atoms with Crippen LogP contribution in [0.1, 0.15) is 52.9 Å². The summed E-state index contributed by atoms with van der Waals surface area (Å²) in [6.07, 6.45) is 4.45. The van der Waals surface area contributed by atoms with E-state index in [-0.39, 0.29) is 22.9 Å². The van der Waals surface area contributed by atoms with Crippen molar-refractivity contribution in [2.45, 2.75) is 52.9 Å². The lowest BCUT2D eigenvalue weighted by Gasteiger charge is -2.42. The minimum atomic E-state index is -0.0131. The van der Waals surface area contributed by atoms with Gasteiger partial charge in [0, 0.05) is 17.9 Å². The van der Waals surface area contributed by atoms with Crippen molar-refractivity contribution in [3.63, 3.8) is 0 Å². The molecule has 2 atom stereocenters. The smallest absolute Gasteiger partial charge is 0.162 e. The highest BCUT2D eigenvalue weighted by Crippen LogP contribution is 2.48. The molecule has 2 unspecified atom stereocenters. The molecule has 2 aliphatic carbocycles. The van der Waals surface area contributed by atoms with Crippen molar-refractivity contribution in [2.24, 2.45) is 11.3 Å². The van der Waals surface area contributed by atoms with Gasteiger partial charge in [0.15, 0.2) is 11.6 Å². The highest BCUT2D eigenvalue weighted by Gasteiger charge is 2.44. The molecule has 0 aromatic heterocycles. The molecule has 2 heteroatoms. The highest BCUT2D eigenvalue weighted by molar-refractivity contribution is 6.09. The van der Waals surface area contributed by atoms with Crippen LogP contribution in [0, 0.1) is 11.3 Å². The van der Waals surface area contributed by atoms with Crippen LogP contribution in [-0.2, 0) is 9.59 Å². The Morgan fingerprint density at radius 2 is 2.00 bits per heavy atom. The van der Waals surface area contributed by atoms with E-state index in [0.717, 1.165) is 36.8 Å². The number of ketones is 2. The summed E-state index contributed by atoms with van der Waals surface area (Å²) in [4.78, 5) is 24.1. The summed E-state index contributed by atoms with van der Waals surface area (Å²) in [6, 6.07) is 0. The first kappa shape index (κ1) is 11.6. The van der Waals surface area contributed by atoms with Gasteiger partial charge < -0.3 is 0 Å². The Labute approximate surface area is 97.1 Å². The van der Waals surface area contributed by atoms with E-state index in [0.29, 0.717) is 6.42 Å². The van der Waals surface area contributed by atoms with Crippen molar-refractivity contribution < 1.29 is 9.59 Å². The predicted octanol–water partition coefficient (Wildman–Crippen LogP) is 3.06. The van der Waals surface area contributed by atoms with Gasteiger partial charge in [0.25, 0.3) is 0 Å². The molecule has 0 spiro atoms. The van der Waals surface area contributed by atoms with Crippen molar-refractivity contribution in [1.29, 1.82) is 0 Å². The van der Waals surface area contributed by atoms with Gasteiger partial charge in [-0.3, -0.25) is 9.59 Å². The maximum absolute atomic E-state index is 12.3. The van der Waals surface area contributed by atoms with E-state index in [4.69, 9.17) is 0 Å². The lowest BCUT2D eigenvalue weighted by atomic mass is 9.60. The van der Waals surface area contributed by atoms with E-state index in [1.807, 2.05) is 6.92 Å². The van der Waals surface area contributed by atoms with Crippen LogP contribution in [-0.4, -0.2) is 11.6 Å². The molecule has 0 heterocycles. The van der Waals surface area contributed by atoms with Crippen LogP contribution in [0.4, 0.5) is 0 Å². The summed E-state index contributed by atoms with van der Waals surface area (Å²) < 4.78 is 0. The monoisotopic (exact) mass is 220 g/mol. The Morgan fingerprint density at radius 3 is 2.62 bits per heavy atom. The molecule has 0 radical (unpaired) electrons. The van der Waals surface area contributed by atoms with Gasteiger partial charge in [-0.2, -0.15) is 0 Å². The molecule has 0 saturated heterocycles. The number of rotatable bonds is 1. The van der Waals surface area contributed by atoms with Crippen LogP contribution in [0.25, 0.3) is 0 Å².